The second-order valence-electron chi connectivity index (χ2n) is 4.92. The van der Waals surface area contributed by atoms with E-state index in [1.165, 1.54) is 0 Å². The van der Waals surface area contributed by atoms with Gasteiger partial charge in [-0.05, 0) is 29.7 Å². The Morgan fingerprint density at radius 1 is 1.00 bits per heavy atom. The van der Waals surface area contributed by atoms with Crippen molar-refractivity contribution in [2.45, 2.75) is 20.8 Å². The molecule has 2 rings (SSSR count). The fourth-order valence-corrected chi connectivity index (χ4v) is 1.75. The van der Waals surface area contributed by atoms with E-state index >= 15 is 0 Å². The van der Waals surface area contributed by atoms with E-state index in [2.05, 4.69) is 0 Å². The highest BCUT2D eigenvalue weighted by molar-refractivity contribution is 5.76. The molecule has 0 aliphatic rings. The Hall–Kier alpha value is -2.09. The van der Waals surface area contributed by atoms with Crippen LogP contribution in [-0.4, -0.2) is 5.97 Å². The number of rotatable bonds is 3. The van der Waals surface area contributed by atoms with Crippen molar-refractivity contribution in [1.82, 2.24) is 0 Å². The highest BCUT2D eigenvalue weighted by Crippen LogP contribution is 2.27. The Labute approximate surface area is 114 Å². The maximum Gasteiger partial charge on any atom is 0.313 e. The predicted molar refractivity (Wildman–Crippen MR) is 77.1 cm³/mol. The molecular weight excluding hydrogens is 236 g/mol. The molecule has 2 heteroatoms. The molecule has 19 heavy (non-hydrogen) atoms. The Morgan fingerprint density at radius 3 is 2.32 bits per heavy atom. The third kappa shape index (κ3) is 3.22. The van der Waals surface area contributed by atoms with Gasteiger partial charge in [-0.15, -0.1) is 0 Å². The van der Waals surface area contributed by atoms with Gasteiger partial charge in [0.2, 0.25) is 0 Å². The lowest BCUT2D eigenvalue weighted by molar-refractivity contribution is -0.137. The van der Waals surface area contributed by atoms with Crippen molar-refractivity contribution in [2.75, 3.05) is 0 Å². The smallest absolute Gasteiger partial charge is 0.313 e. The number of ether oxygens (including phenoxy) is 1. The lowest BCUT2D eigenvalue weighted by atomic mass is 10.0. The van der Waals surface area contributed by atoms with E-state index in [0.717, 1.165) is 16.7 Å². The third-order valence-electron chi connectivity index (χ3n) is 2.98. The first-order valence-electron chi connectivity index (χ1n) is 6.45. The number of carbonyl (C=O) groups is 1. The zero-order valence-corrected chi connectivity index (χ0v) is 11.5. The first-order chi connectivity index (χ1) is 9.08. The van der Waals surface area contributed by atoms with E-state index in [4.69, 9.17) is 4.74 Å². The van der Waals surface area contributed by atoms with Gasteiger partial charge in [-0.2, -0.15) is 0 Å². The summed E-state index contributed by atoms with van der Waals surface area (Å²) in [6.45, 7) is 5.61. The quantitative estimate of drug-likeness (QED) is 0.605. The van der Waals surface area contributed by atoms with E-state index in [1.54, 1.807) is 0 Å². The van der Waals surface area contributed by atoms with Crippen LogP contribution in [0.4, 0.5) is 0 Å². The number of benzene rings is 2. The van der Waals surface area contributed by atoms with Crippen molar-refractivity contribution in [3.8, 4) is 16.9 Å². The van der Waals surface area contributed by atoms with Gasteiger partial charge in [-0.1, -0.05) is 56.3 Å². The van der Waals surface area contributed by atoms with Crippen LogP contribution in [0.15, 0.2) is 48.5 Å². The molecule has 2 nitrogen and oxygen atoms in total. The van der Waals surface area contributed by atoms with Crippen LogP contribution >= 0.6 is 0 Å². The standard InChI is InChI=1S/C17H18O2/c1-12(2)17(18)19-16-11-15(10-9-13(16)3)14-7-5-4-6-8-14/h4-12H,1-3H3. The van der Waals surface area contributed by atoms with Gasteiger partial charge in [0.15, 0.2) is 0 Å². The van der Waals surface area contributed by atoms with Crippen molar-refractivity contribution in [1.29, 1.82) is 0 Å². The molecule has 0 aliphatic carbocycles. The molecule has 0 atom stereocenters. The summed E-state index contributed by atoms with van der Waals surface area (Å²) in [5.41, 5.74) is 3.13. The largest absolute Gasteiger partial charge is 0.426 e. The first-order valence-corrected chi connectivity index (χ1v) is 6.45. The maximum atomic E-state index is 11.7. The second-order valence-corrected chi connectivity index (χ2v) is 4.92. The minimum atomic E-state index is -0.201. The number of hydrogen-bond donors (Lipinski definition) is 0. The molecule has 0 unspecified atom stereocenters. The van der Waals surface area contributed by atoms with E-state index in [-0.39, 0.29) is 11.9 Å². The average Bonchev–Trinajstić information content (AvgIpc) is 2.42. The molecule has 0 aromatic heterocycles. The summed E-state index contributed by atoms with van der Waals surface area (Å²) in [7, 11) is 0. The van der Waals surface area contributed by atoms with Crippen molar-refractivity contribution in [2.24, 2.45) is 5.92 Å². The molecule has 0 saturated heterocycles. The maximum absolute atomic E-state index is 11.7. The van der Waals surface area contributed by atoms with E-state index in [0.29, 0.717) is 5.75 Å². The number of hydrogen-bond acceptors (Lipinski definition) is 2. The normalized spacial score (nSPS) is 10.5. The average molecular weight is 254 g/mol. The monoisotopic (exact) mass is 254 g/mol. The van der Waals surface area contributed by atoms with Gasteiger partial charge in [0.25, 0.3) is 0 Å². The number of esters is 1. The summed E-state index contributed by atoms with van der Waals surface area (Å²) in [6.07, 6.45) is 0. The summed E-state index contributed by atoms with van der Waals surface area (Å²) in [4.78, 5) is 11.7. The van der Waals surface area contributed by atoms with Gasteiger partial charge in [0.1, 0.15) is 5.75 Å². The van der Waals surface area contributed by atoms with Crippen LogP contribution in [0.3, 0.4) is 0 Å². The van der Waals surface area contributed by atoms with Crippen molar-refractivity contribution in [3.05, 3.63) is 54.1 Å². The Balaban J connectivity index is 2.33. The molecule has 2 aromatic carbocycles. The first kappa shape index (κ1) is 13.3. The van der Waals surface area contributed by atoms with Gasteiger partial charge < -0.3 is 4.74 Å². The van der Waals surface area contributed by atoms with E-state index < -0.39 is 0 Å². The lowest BCUT2D eigenvalue weighted by Crippen LogP contribution is -2.15. The van der Waals surface area contributed by atoms with E-state index in [1.807, 2.05) is 69.3 Å². The zero-order valence-electron chi connectivity index (χ0n) is 11.5. The molecule has 0 fully saturated rings. The van der Waals surface area contributed by atoms with Crippen LogP contribution in [0.1, 0.15) is 19.4 Å². The minimum Gasteiger partial charge on any atom is -0.426 e. The van der Waals surface area contributed by atoms with Gasteiger partial charge in [0, 0.05) is 0 Å². The predicted octanol–water partition coefficient (Wildman–Crippen LogP) is 4.22. The van der Waals surface area contributed by atoms with Gasteiger partial charge in [-0.25, -0.2) is 0 Å². The van der Waals surface area contributed by atoms with Crippen molar-refractivity contribution in [3.63, 3.8) is 0 Å². The molecule has 0 aliphatic heterocycles. The number of aryl methyl sites for hydroxylation is 1. The minimum absolute atomic E-state index is 0.125. The number of carbonyl (C=O) groups excluding carboxylic acids is 1. The molecule has 0 N–H and O–H groups in total. The van der Waals surface area contributed by atoms with Crippen LogP contribution in [-0.2, 0) is 4.79 Å². The molecule has 0 saturated carbocycles. The van der Waals surface area contributed by atoms with Crippen LogP contribution in [0.2, 0.25) is 0 Å². The van der Waals surface area contributed by atoms with Crippen LogP contribution < -0.4 is 4.74 Å². The summed E-state index contributed by atoms with van der Waals surface area (Å²) in [6, 6.07) is 16.0. The van der Waals surface area contributed by atoms with Crippen molar-refractivity contribution >= 4 is 5.97 Å². The molecule has 0 heterocycles. The second kappa shape index (κ2) is 5.70. The fraction of sp³-hybridized carbons (Fsp3) is 0.235. The topological polar surface area (TPSA) is 26.3 Å². The fourth-order valence-electron chi connectivity index (χ4n) is 1.75. The van der Waals surface area contributed by atoms with E-state index in [9.17, 15) is 4.79 Å². The summed E-state index contributed by atoms with van der Waals surface area (Å²) in [5.74, 6) is 0.313. The molecule has 2 aromatic rings. The molecular formula is C17H18O2. The van der Waals surface area contributed by atoms with Gasteiger partial charge in [0.05, 0.1) is 5.92 Å². The van der Waals surface area contributed by atoms with Crippen molar-refractivity contribution < 1.29 is 9.53 Å². The molecule has 0 bridgehead atoms. The summed E-state index contributed by atoms with van der Waals surface area (Å²) in [5, 5.41) is 0. The Bertz CT molecular complexity index is 571. The van der Waals surface area contributed by atoms with Crippen LogP contribution in [0.25, 0.3) is 11.1 Å². The highest BCUT2D eigenvalue weighted by atomic mass is 16.5. The molecule has 0 spiro atoms. The highest BCUT2D eigenvalue weighted by Gasteiger charge is 2.12. The summed E-state index contributed by atoms with van der Waals surface area (Å²) < 4.78 is 5.43. The molecule has 0 amide bonds. The molecule has 98 valence electrons. The third-order valence-corrected chi connectivity index (χ3v) is 2.98. The van der Waals surface area contributed by atoms with Gasteiger partial charge >= 0.3 is 5.97 Å². The van der Waals surface area contributed by atoms with Gasteiger partial charge in [-0.3, -0.25) is 4.79 Å². The summed E-state index contributed by atoms with van der Waals surface area (Å²) >= 11 is 0. The lowest BCUT2D eigenvalue weighted by Gasteiger charge is -2.11. The Kier molecular flexibility index (Phi) is 4.00. The van der Waals surface area contributed by atoms with Crippen LogP contribution in [0.5, 0.6) is 5.75 Å². The molecule has 0 radical (unpaired) electrons. The van der Waals surface area contributed by atoms with Crippen LogP contribution in [0, 0.1) is 12.8 Å². The zero-order chi connectivity index (χ0) is 13.8. The SMILES string of the molecule is Cc1ccc(-c2ccccc2)cc1OC(=O)C(C)C. The Morgan fingerprint density at radius 2 is 1.68 bits per heavy atom.